The number of nitrogens with zero attached hydrogens (tertiary/aromatic N) is 1. The summed E-state index contributed by atoms with van der Waals surface area (Å²) in [5.74, 6) is -2.38. The molecule has 0 amide bonds. The fraction of sp³-hybridized carbons (Fsp3) is 0.500. The van der Waals surface area contributed by atoms with Crippen molar-refractivity contribution in [1.29, 1.82) is 0 Å². The van der Waals surface area contributed by atoms with Gasteiger partial charge in [-0.3, -0.25) is 4.79 Å². The molecule has 9 nitrogen and oxygen atoms in total. The number of ether oxygens (including phenoxy) is 3. The Morgan fingerprint density at radius 2 is 1.88 bits per heavy atom. The van der Waals surface area contributed by atoms with Gasteiger partial charge in [-0.15, -0.1) is 10.1 Å². The van der Waals surface area contributed by atoms with Crippen LogP contribution in [0.4, 0.5) is 13.2 Å². The quantitative estimate of drug-likeness (QED) is 0.172. The van der Waals surface area contributed by atoms with Crippen LogP contribution in [0.25, 0.3) is 6.08 Å². The minimum Gasteiger partial charge on any atom is -0.475 e. The molecule has 1 aromatic carbocycles. The van der Waals surface area contributed by atoms with Gasteiger partial charge in [0, 0.05) is 17.0 Å². The van der Waals surface area contributed by atoms with Crippen molar-refractivity contribution in [2.45, 2.75) is 51.3 Å². The van der Waals surface area contributed by atoms with Crippen molar-refractivity contribution in [3.63, 3.8) is 0 Å². The Labute approximate surface area is 191 Å². The first-order chi connectivity index (χ1) is 15.2. The van der Waals surface area contributed by atoms with Crippen LogP contribution in [0.2, 0.25) is 5.02 Å². The molecule has 1 aliphatic heterocycles. The highest BCUT2D eigenvalue weighted by Crippen LogP contribution is 2.42. The predicted molar refractivity (Wildman–Crippen MR) is 108 cm³/mol. The van der Waals surface area contributed by atoms with Crippen LogP contribution >= 0.6 is 11.6 Å². The minimum atomic E-state index is -4.93. The van der Waals surface area contributed by atoms with E-state index in [0.29, 0.717) is 5.56 Å². The van der Waals surface area contributed by atoms with Gasteiger partial charge < -0.3 is 19.0 Å². The van der Waals surface area contributed by atoms with Crippen LogP contribution < -0.4 is 4.74 Å². The fourth-order valence-corrected chi connectivity index (χ4v) is 3.32. The van der Waals surface area contributed by atoms with Gasteiger partial charge in [0.15, 0.2) is 0 Å². The second kappa shape index (κ2) is 10.3. The Morgan fingerprint density at radius 1 is 1.21 bits per heavy atom. The SMILES string of the molecule is CC(C)(C)c1cc2c(cc1Cl)C=C(C(=O)OCOC(=O)CCCO[N+](=O)[O-])C(C(F)(F)F)O2. The van der Waals surface area contributed by atoms with Crippen molar-refractivity contribution >= 4 is 29.6 Å². The molecule has 0 N–H and O–H groups in total. The van der Waals surface area contributed by atoms with Crippen molar-refractivity contribution in [2.75, 3.05) is 13.4 Å². The van der Waals surface area contributed by atoms with E-state index in [2.05, 4.69) is 14.3 Å². The molecule has 0 spiro atoms. The lowest BCUT2D eigenvalue weighted by atomic mass is 9.85. The summed E-state index contributed by atoms with van der Waals surface area (Å²) >= 11 is 6.26. The lowest BCUT2D eigenvalue weighted by Gasteiger charge is -2.30. The topological polar surface area (TPSA) is 114 Å². The molecule has 182 valence electrons. The first-order valence-electron chi connectivity index (χ1n) is 9.59. The normalized spacial score (nSPS) is 15.6. The summed E-state index contributed by atoms with van der Waals surface area (Å²) in [7, 11) is 0. The molecule has 1 atom stereocenters. The van der Waals surface area contributed by atoms with Crippen LogP contribution in [-0.2, 0) is 29.3 Å². The third-order valence-electron chi connectivity index (χ3n) is 4.41. The van der Waals surface area contributed by atoms with Crippen LogP contribution in [0.3, 0.4) is 0 Å². The predicted octanol–water partition coefficient (Wildman–Crippen LogP) is 4.38. The Hall–Kier alpha value is -3.02. The summed E-state index contributed by atoms with van der Waals surface area (Å²) in [5.41, 5.74) is -0.585. The highest BCUT2D eigenvalue weighted by Gasteiger charge is 2.49. The number of carbonyl (C=O) groups is 2. The van der Waals surface area contributed by atoms with E-state index in [1.54, 1.807) is 0 Å². The standard InChI is InChI=1S/C20H21ClF3NO8/c1-19(2,3)13-9-15-11(8-14(13)21)7-12(17(33-15)20(22,23)24)18(27)31-10-30-16(26)5-4-6-32-25(28)29/h7-9,17H,4-6,10H2,1-3H3. The maximum absolute atomic E-state index is 13.6. The zero-order valence-corrected chi connectivity index (χ0v) is 18.6. The number of fused-ring (bicyclic) bond motifs is 1. The molecule has 2 rings (SSSR count). The van der Waals surface area contributed by atoms with Gasteiger partial charge in [0.05, 0.1) is 12.2 Å². The Balaban J connectivity index is 2.11. The second-order valence-corrected chi connectivity index (χ2v) is 8.39. The molecule has 0 saturated carbocycles. The number of hydrogen-bond acceptors (Lipinski definition) is 8. The van der Waals surface area contributed by atoms with Crippen molar-refractivity contribution < 1.29 is 46.9 Å². The smallest absolute Gasteiger partial charge is 0.430 e. The maximum atomic E-state index is 13.6. The monoisotopic (exact) mass is 495 g/mol. The molecule has 0 saturated heterocycles. The van der Waals surface area contributed by atoms with Crippen LogP contribution in [0.5, 0.6) is 5.75 Å². The van der Waals surface area contributed by atoms with Gasteiger partial charge in [-0.25, -0.2) is 4.79 Å². The Bertz CT molecular complexity index is 956. The maximum Gasteiger partial charge on any atom is 0.430 e. The van der Waals surface area contributed by atoms with Gasteiger partial charge >= 0.3 is 18.1 Å². The molecule has 0 aromatic heterocycles. The lowest BCUT2D eigenvalue weighted by molar-refractivity contribution is -0.757. The van der Waals surface area contributed by atoms with E-state index in [1.165, 1.54) is 12.1 Å². The molecule has 0 bridgehead atoms. The Kier molecular flexibility index (Phi) is 8.17. The summed E-state index contributed by atoms with van der Waals surface area (Å²) in [4.78, 5) is 37.8. The van der Waals surface area contributed by atoms with Crippen molar-refractivity contribution in [3.05, 3.63) is 44.0 Å². The van der Waals surface area contributed by atoms with E-state index < -0.39 is 47.1 Å². The van der Waals surface area contributed by atoms with Crippen LogP contribution in [-0.4, -0.2) is 42.7 Å². The summed E-state index contributed by atoms with van der Waals surface area (Å²) in [6, 6.07) is 2.80. The molecule has 0 radical (unpaired) electrons. The Morgan fingerprint density at radius 3 is 2.45 bits per heavy atom. The number of alkyl halides is 3. The number of rotatable bonds is 8. The van der Waals surface area contributed by atoms with Crippen molar-refractivity contribution in [2.24, 2.45) is 0 Å². The van der Waals surface area contributed by atoms with E-state index >= 15 is 0 Å². The molecule has 0 fully saturated rings. The van der Waals surface area contributed by atoms with Crippen LogP contribution in [0.15, 0.2) is 17.7 Å². The molecule has 0 aliphatic carbocycles. The number of benzene rings is 1. The third-order valence-corrected chi connectivity index (χ3v) is 4.72. The fourth-order valence-electron chi connectivity index (χ4n) is 2.86. The van der Waals surface area contributed by atoms with Crippen LogP contribution in [0, 0.1) is 10.1 Å². The second-order valence-electron chi connectivity index (χ2n) is 7.99. The number of halogens is 4. The highest BCUT2D eigenvalue weighted by atomic mass is 35.5. The van der Waals surface area contributed by atoms with Gasteiger partial charge in [-0.1, -0.05) is 32.4 Å². The molecule has 1 unspecified atom stereocenters. The molecule has 1 aliphatic rings. The summed E-state index contributed by atoms with van der Waals surface area (Å²) in [5, 5.41) is 9.26. The van der Waals surface area contributed by atoms with E-state index in [9.17, 15) is 32.9 Å². The van der Waals surface area contributed by atoms with Gasteiger partial charge in [0.1, 0.15) is 5.75 Å². The van der Waals surface area contributed by atoms with E-state index in [0.717, 1.165) is 6.08 Å². The van der Waals surface area contributed by atoms with E-state index in [-0.39, 0.29) is 35.8 Å². The average Bonchev–Trinajstić information content (AvgIpc) is 2.68. The summed E-state index contributed by atoms with van der Waals surface area (Å²) < 4.78 is 55.1. The third kappa shape index (κ3) is 7.24. The molecule has 1 aromatic rings. The lowest BCUT2D eigenvalue weighted by Crippen LogP contribution is -2.41. The van der Waals surface area contributed by atoms with E-state index in [1.807, 2.05) is 20.8 Å². The molecular formula is C20H21ClF3NO8. The molecular weight excluding hydrogens is 475 g/mol. The first kappa shape index (κ1) is 26.2. The van der Waals surface area contributed by atoms with Gasteiger partial charge in [-0.05, 0) is 35.6 Å². The number of esters is 2. The van der Waals surface area contributed by atoms with Crippen molar-refractivity contribution in [1.82, 2.24) is 0 Å². The summed E-state index contributed by atoms with van der Waals surface area (Å²) in [6.07, 6.45) is -6.89. The van der Waals surface area contributed by atoms with Crippen molar-refractivity contribution in [3.8, 4) is 5.75 Å². The van der Waals surface area contributed by atoms with Gasteiger partial charge in [0.25, 0.3) is 5.09 Å². The van der Waals surface area contributed by atoms with Gasteiger partial charge in [0.2, 0.25) is 12.9 Å². The molecule has 33 heavy (non-hydrogen) atoms. The molecule has 13 heteroatoms. The zero-order valence-electron chi connectivity index (χ0n) is 17.9. The first-order valence-corrected chi connectivity index (χ1v) is 9.97. The number of carbonyl (C=O) groups excluding carboxylic acids is 2. The highest BCUT2D eigenvalue weighted by molar-refractivity contribution is 6.31. The number of hydrogen-bond donors (Lipinski definition) is 0. The van der Waals surface area contributed by atoms with Gasteiger partial charge in [-0.2, -0.15) is 13.2 Å². The average molecular weight is 496 g/mol. The molecule has 1 heterocycles. The minimum absolute atomic E-state index is 0.0446. The largest absolute Gasteiger partial charge is 0.475 e. The zero-order chi connectivity index (χ0) is 25.0. The van der Waals surface area contributed by atoms with E-state index in [4.69, 9.17) is 16.3 Å². The summed E-state index contributed by atoms with van der Waals surface area (Å²) in [6.45, 7) is 4.20. The van der Waals surface area contributed by atoms with Crippen LogP contribution in [0.1, 0.15) is 44.7 Å².